The van der Waals surface area contributed by atoms with Gasteiger partial charge < -0.3 is 25.3 Å². The average molecular weight is 140 g/mol. The maximum absolute atomic E-state index is 4.85. The molecule has 0 spiro atoms. The van der Waals surface area contributed by atoms with E-state index in [1.165, 1.54) is 0 Å². The predicted molar refractivity (Wildman–Crippen MR) is 37.7 cm³/mol. The zero-order valence-electron chi connectivity index (χ0n) is 4.13. The molecule has 0 bridgehead atoms. The molecule has 0 aliphatic rings. The highest BCUT2D eigenvalue weighted by molar-refractivity contribution is 7.62. The first-order valence-electron chi connectivity index (χ1n) is 2.24. The lowest BCUT2D eigenvalue weighted by atomic mass is 10.4. The summed E-state index contributed by atoms with van der Waals surface area (Å²) in [6.07, 6.45) is 0. The lowest BCUT2D eigenvalue weighted by molar-refractivity contribution is 1.27. The monoisotopic (exact) mass is 140 g/mol. The van der Waals surface area contributed by atoms with Gasteiger partial charge in [0.05, 0.1) is 0 Å². The number of benzene rings is 1. The summed E-state index contributed by atoms with van der Waals surface area (Å²) in [4.78, 5) is 1.53. The van der Waals surface area contributed by atoms with Gasteiger partial charge in [0.1, 0.15) is 0 Å². The Bertz CT molecular complexity index is 163. The minimum Gasteiger partial charge on any atom is -0.781 e. The van der Waals surface area contributed by atoms with E-state index in [0.717, 1.165) is 9.79 Å². The molecule has 0 aliphatic carbocycles. The van der Waals surface area contributed by atoms with Gasteiger partial charge in [0.15, 0.2) is 0 Å². The third-order valence-corrected chi connectivity index (χ3v) is 1.69. The van der Waals surface area contributed by atoms with Crippen molar-refractivity contribution >= 4 is 25.3 Å². The van der Waals surface area contributed by atoms with Gasteiger partial charge in [-0.3, -0.25) is 0 Å². The van der Waals surface area contributed by atoms with Gasteiger partial charge in [0.2, 0.25) is 0 Å². The standard InChI is InChI=1S/C6H6S2/c7-5-3-1-2-4-6(5)8/h1-4,7-8H/p-2. The van der Waals surface area contributed by atoms with E-state index in [0.29, 0.717) is 0 Å². The molecule has 0 atom stereocenters. The van der Waals surface area contributed by atoms with Gasteiger partial charge in [0, 0.05) is 0 Å². The van der Waals surface area contributed by atoms with E-state index in [2.05, 4.69) is 0 Å². The van der Waals surface area contributed by atoms with Crippen molar-refractivity contribution in [2.45, 2.75) is 9.79 Å². The normalized spacial score (nSPS) is 9.00. The smallest absolute Gasteiger partial charge is 0.0639 e. The molecule has 0 heterocycles. The van der Waals surface area contributed by atoms with Crippen LogP contribution in [0.25, 0.3) is 0 Å². The maximum Gasteiger partial charge on any atom is -0.0639 e. The molecule has 0 nitrogen and oxygen atoms in total. The topological polar surface area (TPSA) is 0 Å². The van der Waals surface area contributed by atoms with Gasteiger partial charge in [-0.1, -0.05) is 24.3 Å². The average Bonchev–Trinajstić information content (AvgIpc) is 1.77. The van der Waals surface area contributed by atoms with Crippen molar-refractivity contribution in [3.8, 4) is 0 Å². The van der Waals surface area contributed by atoms with E-state index < -0.39 is 0 Å². The first kappa shape index (κ1) is 5.79. The molecule has 0 amide bonds. The van der Waals surface area contributed by atoms with Crippen molar-refractivity contribution in [1.29, 1.82) is 0 Å². The Hall–Kier alpha value is -0.340. The second kappa shape index (κ2) is 2.29. The van der Waals surface area contributed by atoms with Crippen LogP contribution in [0.5, 0.6) is 0 Å². The minimum atomic E-state index is 0.766. The molecule has 1 rings (SSSR count). The van der Waals surface area contributed by atoms with Crippen molar-refractivity contribution in [3.63, 3.8) is 0 Å². The number of hydrogen-bond donors (Lipinski definition) is 0. The van der Waals surface area contributed by atoms with E-state index in [1.54, 1.807) is 0 Å². The summed E-state index contributed by atoms with van der Waals surface area (Å²) in [5, 5.41) is 0. The third kappa shape index (κ3) is 1.08. The first-order valence-corrected chi connectivity index (χ1v) is 3.05. The highest BCUT2D eigenvalue weighted by Gasteiger charge is 1.68. The summed E-state index contributed by atoms with van der Waals surface area (Å²) in [6.45, 7) is 0. The van der Waals surface area contributed by atoms with Gasteiger partial charge >= 0.3 is 0 Å². The van der Waals surface area contributed by atoms with E-state index >= 15 is 0 Å². The largest absolute Gasteiger partial charge is 0.781 e. The Balaban J connectivity index is 3.13. The summed E-state index contributed by atoms with van der Waals surface area (Å²) in [5.41, 5.74) is 0. The summed E-state index contributed by atoms with van der Waals surface area (Å²) < 4.78 is 0. The molecule has 0 aliphatic heterocycles. The van der Waals surface area contributed by atoms with E-state index in [9.17, 15) is 0 Å². The molecule has 0 saturated carbocycles. The molecule has 8 heavy (non-hydrogen) atoms. The Morgan fingerprint density at radius 3 is 1.50 bits per heavy atom. The van der Waals surface area contributed by atoms with Gasteiger partial charge in [-0.25, -0.2) is 0 Å². The Labute approximate surface area is 59.7 Å². The second-order valence-electron chi connectivity index (χ2n) is 1.45. The van der Waals surface area contributed by atoms with Crippen LogP contribution in [0.2, 0.25) is 0 Å². The molecule has 2 heteroatoms. The van der Waals surface area contributed by atoms with Crippen molar-refractivity contribution in [3.05, 3.63) is 24.3 Å². The van der Waals surface area contributed by atoms with Crippen LogP contribution in [-0.4, -0.2) is 0 Å². The predicted octanol–water partition coefficient (Wildman–Crippen LogP) is 1.50. The summed E-state index contributed by atoms with van der Waals surface area (Å²) in [6, 6.07) is 7.44. The van der Waals surface area contributed by atoms with Crippen molar-refractivity contribution in [1.82, 2.24) is 0 Å². The van der Waals surface area contributed by atoms with Crippen LogP contribution in [0.3, 0.4) is 0 Å². The van der Waals surface area contributed by atoms with E-state index in [-0.39, 0.29) is 0 Å². The molecule has 0 unspecified atom stereocenters. The minimum absolute atomic E-state index is 0.766. The Kier molecular flexibility index (Phi) is 1.65. The van der Waals surface area contributed by atoms with Crippen molar-refractivity contribution in [2.24, 2.45) is 0 Å². The molecule has 0 N–H and O–H groups in total. The Morgan fingerprint density at radius 1 is 0.875 bits per heavy atom. The highest BCUT2D eigenvalue weighted by atomic mass is 32.1. The van der Waals surface area contributed by atoms with Crippen molar-refractivity contribution < 1.29 is 0 Å². The summed E-state index contributed by atoms with van der Waals surface area (Å²) in [5.74, 6) is 0. The summed E-state index contributed by atoms with van der Waals surface area (Å²) in [7, 11) is 0. The molecule has 1 aromatic carbocycles. The maximum atomic E-state index is 4.85. The molecule has 0 fully saturated rings. The lowest BCUT2D eigenvalue weighted by Gasteiger charge is -2.16. The van der Waals surface area contributed by atoms with Crippen molar-refractivity contribution in [2.75, 3.05) is 0 Å². The van der Waals surface area contributed by atoms with Gasteiger partial charge in [0.25, 0.3) is 0 Å². The number of rotatable bonds is 0. The van der Waals surface area contributed by atoms with Gasteiger partial charge in [-0.05, 0) is 0 Å². The van der Waals surface area contributed by atoms with Crippen LogP contribution in [0, 0.1) is 0 Å². The zero-order valence-corrected chi connectivity index (χ0v) is 5.76. The van der Waals surface area contributed by atoms with Crippen LogP contribution < -0.4 is 0 Å². The molecular formula is C6H4S2-2. The highest BCUT2D eigenvalue weighted by Crippen LogP contribution is 2.04. The fraction of sp³-hybridized carbons (Fsp3) is 0. The molecular weight excluding hydrogens is 136 g/mol. The van der Waals surface area contributed by atoms with Gasteiger partial charge in [-0.2, -0.15) is 9.79 Å². The number of hydrogen-bond acceptors (Lipinski definition) is 2. The quantitative estimate of drug-likeness (QED) is 0.501. The van der Waals surface area contributed by atoms with Crippen LogP contribution in [-0.2, 0) is 25.3 Å². The van der Waals surface area contributed by atoms with Crippen LogP contribution >= 0.6 is 0 Å². The zero-order chi connectivity index (χ0) is 5.98. The first-order chi connectivity index (χ1) is 3.80. The fourth-order valence-electron chi connectivity index (χ4n) is 0.450. The van der Waals surface area contributed by atoms with E-state index in [1.807, 2.05) is 24.3 Å². The third-order valence-electron chi connectivity index (χ3n) is 0.849. The Morgan fingerprint density at radius 2 is 1.25 bits per heavy atom. The molecule has 42 valence electrons. The molecule has 0 saturated heterocycles. The second-order valence-corrected chi connectivity index (χ2v) is 2.33. The van der Waals surface area contributed by atoms with Gasteiger partial charge in [-0.15, -0.1) is 0 Å². The molecule has 1 aromatic rings. The lowest BCUT2D eigenvalue weighted by Crippen LogP contribution is -1.73. The van der Waals surface area contributed by atoms with Crippen LogP contribution in [0.1, 0.15) is 0 Å². The fourth-order valence-corrected chi connectivity index (χ4v) is 0.743. The molecule has 0 aromatic heterocycles. The van der Waals surface area contributed by atoms with Crippen LogP contribution in [0.15, 0.2) is 34.1 Å². The van der Waals surface area contributed by atoms with Crippen LogP contribution in [0.4, 0.5) is 0 Å². The summed E-state index contributed by atoms with van der Waals surface area (Å²) >= 11 is 9.70. The molecule has 0 radical (unpaired) electrons. The van der Waals surface area contributed by atoms with E-state index in [4.69, 9.17) is 25.3 Å². The SMILES string of the molecule is [S-]c1ccccc1[S-].